The van der Waals surface area contributed by atoms with E-state index in [1.54, 1.807) is 0 Å². The van der Waals surface area contributed by atoms with Crippen LogP contribution in [-0.4, -0.2) is 10.7 Å². The molecular formula is C50H38N2O. The van der Waals surface area contributed by atoms with E-state index in [0.717, 1.165) is 41.8 Å². The molecular weight excluding hydrogens is 645 g/mol. The fourth-order valence-corrected chi connectivity index (χ4v) is 9.61. The Labute approximate surface area is 308 Å². The topological polar surface area (TPSA) is 38.4 Å². The molecule has 2 bridgehead atoms. The normalized spacial score (nSPS) is 21.0. The molecule has 2 aromatic heterocycles. The molecule has 53 heavy (non-hydrogen) atoms. The van der Waals surface area contributed by atoms with Gasteiger partial charge >= 0.3 is 0 Å². The summed E-state index contributed by atoms with van der Waals surface area (Å²) < 4.78 is 6.77. The summed E-state index contributed by atoms with van der Waals surface area (Å²) in [7, 11) is 0. The molecule has 0 saturated heterocycles. The summed E-state index contributed by atoms with van der Waals surface area (Å²) >= 11 is 0. The second-order valence-corrected chi connectivity index (χ2v) is 15.3. The van der Waals surface area contributed by atoms with Crippen molar-refractivity contribution < 1.29 is 4.42 Å². The summed E-state index contributed by atoms with van der Waals surface area (Å²) in [5.74, 6) is 0.568. The molecule has 11 rings (SSSR count). The van der Waals surface area contributed by atoms with Crippen LogP contribution in [0.25, 0.3) is 65.4 Å². The van der Waals surface area contributed by atoms with E-state index in [4.69, 9.17) is 14.4 Å². The van der Waals surface area contributed by atoms with Crippen LogP contribution in [0, 0.1) is 11.8 Å². The van der Waals surface area contributed by atoms with E-state index in [0.29, 0.717) is 5.92 Å². The Bertz CT molecular complexity index is 2900. The second-order valence-electron chi connectivity index (χ2n) is 15.3. The maximum atomic E-state index is 6.77. The van der Waals surface area contributed by atoms with Crippen LogP contribution in [0.15, 0.2) is 161 Å². The van der Waals surface area contributed by atoms with Gasteiger partial charge in [-0.1, -0.05) is 140 Å². The third-order valence-electron chi connectivity index (χ3n) is 12.3. The molecule has 3 nitrogen and oxygen atoms in total. The number of para-hydroxylation sites is 2. The van der Waals surface area contributed by atoms with E-state index < -0.39 is 0 Å². The lowest BCUT2D eigenvalue weighted by molar-refractivity contribution is 0.364. The van der Waals surface area contributed by atoms with Gasteiger partial charge in [0.05, 0.1) is 17.4 Å². The summed E-state index contributed by atoms with van der Waals surface area (Å²) in [4.78, 5) is 11.3. The molecule has 0 radical (unpaired) electrons. The van der Waals surface area contributed by atoms with Crippen LogP contribution < -0.4 is 0 Å². The van der Waals surface area contributed by atoms with E-state index in [9.17, 15) is 0 Å². The number of benzene rings is 7. The Morgan fingerprint density at radius 2 is 1.32 bits per heavy atom. The zero-order chi connectivity index (χ0) is 35.0. The van der Waals surface area contributed by atoms with Gasteiger partial charge in [0, 0.05) is 28.3 Å². The van der Waals surface area contributed by atoms with E-state index in [-0.39, 0.29) is 17.9 Å². The Morgan fingerprint density at radius 3 is 2.19 bits per heavy atom. The molecule has 0 N–H and O–H groups in total. The number of rotatable bonds is 3. The standard InChI is InChI=1S/C50H38N2O/c1-30-14-25-38(40-11-7-12-41-39-10-5-6-13-44(39)53-50(40)41)43-29-31-15-16-34-19-20-35-21-22-36-26-27-51-49(46(36)45(35)42(34)28-31)48(43)52-47(30)37-23-17-33(18-24-37)32-8-3-2-4-9-32/h2-13,15-24,26-28,30,38,43,47H,14,25,29H2,1H3/b52-48+. The first-order valence-electron chi connectivity index (χ1n) is 19.0. The number of aromatic nitrogens is 1. The summed E-state index contributed by atoms with van der Waals surface area (Å²) in [6.45, 7) is 2.40. The third kappa shape index (κ3) is 4.87. The van der Waals surface area contributed by atoms with Crippen molar-refractivity contribution in [1.82, 2.24) is 4.98 Å². The molecule has 1 aliphatic carbocycles. The highest BCUT2D eigenvalue weighted by Gasteiger charge is 2.37. The molecule has 4 unspecified atom stereocenters. The number of furan rings is 1. The fourth-order valence-electron chi connectivity index (χ4n) is 9.61. The Hall–Kier alpha value is -6.06. The van der Waals surface area contributed by atoms with Crippen LogP contribution in [0.4, 0.5) is 0 Å². The van der Waals surface area contributed by atoms with Gasteiger partial charge in [-0.2, -0.15) is 0 Å². The molecule has 0 spiro atoms. The van der Waals surface area contributed by atoms with Gasteiger partial charge in [-0.05, 0) is 98.0 Å². The first-order valence-corrected chi connectivity index (χ1v) is 19.0. The van der Waals surface area contributed by atoms with Crippen molar-refractivity contribution in [3.8, 4) is 11.1 Å². The van der Waals surface area contributed by atoms with E-state index in [1.807, 2.05) is 6.20 Å². The molecule has 0 amide bonds. The third-order valence-corrected chi connectivity index (χ3v) is 12.3. The molecule has 1 aliphatic heterocycles. The molecule has 9 aromatic rings. The SMILES string of the molecule is CC1CCC(c2cccc3c2oc2ccccc23)C2Cc3ccc4ccc5ccc6ccnc(c6c5c4c3)/C2=N/C1c1ccc(-c2ccccc2)cc1. The number of nitrogens with zero attached hydrogens (tertiary/aromatic N) is 2. The monoisotopic (exact) mass is 682 g/mol. The van der Waals surface area contributed by atoms with Crippen molar-refractivity contribution >= 4 is 60.0 Å². The lowest BCUT2D eigenvalue weighted by Crippen LogP contribution is -2.30. The Balaban J connectivity index is 1.19. The highest BCUT2D eigenvalue weighted by atomic mass is 16.3. The van der Waals surface area contributed by atoms with Crippen molar-refractivity contribution in [2.75, 3.05) is 0 Å². The Kier molecular flexibility index (Phi) is 6.92. The van der Waals surface area contributed by atoms with Crippen LogP contribution >= 0.6 is 0 Å². The van der Waals surface area contributed by atoms with Crippen LogP contribution in [0.5, 0.6) is 0 Å². The average Bonchev–Trinajstić information content (AvgIpc) is 3.61. The number of pyridine rings is 1. The van der Waals surface area contributed by atoms with Crippen LogP contribution in [0.1, 0.15) is 54.1 Å². The quantitative estimate of drug-likeness (QED) is 0.174. The maximum Gasteiger partial charge on any atom is 0.138 e. The first kappa shape index (κ1) is 30.6. The second kappa shape index (κ2) is 12.0. The Morgan fingerprint density at radius 1 is 0.585 bits per heavy atom. The minimum absolute atomic E-state index is 0.00353. The van der Waals surface area contributed by atoms with Gasteiger partial charge in [-0.3, -0.25) is 9.98 Å². The summed E-state index contributed by atoms with van der Waals surface area (Å²) in [5, 5.41) is 9.86. The number of aliphatic imine (C=N–C) groups is 1. The number of fused-ring (bicyclic) bond motifs is 6. The molecule has 3 heteroatoms. The van der Waals surface area contributed by atoms with Crippen molar-refractivity contribution in [3.05, 3.63) is 174 Å². The van der Waals surface area contributed by atoms with Gasteiger partial charge in [-0.25, -0.2) is 0 Å². The van der Waals surface area contributed by atoms with Gasteiger partial charge in [-0.15, -0.1) is 0 Å². The largest absolute Gasteiger partial charge is 0.456 e. The van der Waals surface area contributed by atoms with Crippen LogP contribution in [0.2, 0.25) is 0 Å². The molecule has 254 valence electrons. The predicted octanol–water partition coefficient (Wildman–Crippen LogP) is 13.0. The molecule has 4 atom stereocenters. The number of hydrogen-bond donors (Lipinski definition) is 0. The minimum atomic E-state index is -0.00353. The fraction of sp³-hybridized carbons (Fsp3) is 0.160. The molecule has 7 aromatic carbocycles. The van der Waals surface area contributed by atoms with Crippen molar-refractivity contribution in [2.45, 2.75) is 38.1 Å². The molecule has 0 fully saturated rings. The summed E-state index contributed by atoms with van der Waals surface area (Å²) in [6, 6.07) is 53.4. The zero-order valence-electron chi connectivity index (χ0n) is 29.7. The average molecular weight is 683 g/mol. The van der Waals surface area contributed by atoms with Crippen molar-refractivity contribution in [1.29, 1.82) is 0 Å². The van der Waals surface area contributed by atoms with Gasteiger partial charge in [0.1, 0.15) is 11.2 Å². The highest BCUT2D eigenvalue weighted by molar-refractivity contribution is 6.26. The predicted molar refractivity (Wildman–Crippen MR) is 220 cm³/mol. The van der Waals surface area contributed by atoms with Crippen molar-refractivity contribution in [3.63, 3.8) is 0 Å². The smallest absolute Gasteiger partial charge is 0.138 e. The van der Waals surface area contributed by atoms with Gasteiger partial charge in [0.25, 0.3) is 0 Å². The lowest BCUT2D eigenvalue weighted by Gasteiger charge is -2.35. The van der Waals surface area contributed by atoms with E-state index in [1.165, 1.54) is 70.9 Å². The number of hydrogen-bond acceptors (Lipinski definition) is 3. The van der Waals surface area contributed by atoms with Crippen molar-refractivity contribution in [2.24, 2.45) is 16.8 Å². The summed E-state index contributed by atoms with van der Waals surface area (Å²) in [6.07, 6.45) is 4.94. The summed E-state index contributed by atoms with van der Waals surface area (Å²) in [5.41, 5.74) is 10.4. The van der Waals surface area contributed by atoms with Gasteiger partial charge in [0.15, 0.2) is 0 Å². The molecule has 2 aliphatic rings. The molecule has 3 heterocycles. The highest BCUT2D eigenvalue weighted by Crippen LogP contribution is 2.47. The first-order chi connectivity index (χ1) is 26.2. The van der Waals surface area contributed by atoms with Gasteiger partial charge in [0.2, 0.25) is 0 Å². The van der Waals surface area contributed by atoms with E-state index >= 15 is 0 Å². The van der Waals surface area contributed by atoms with Crippen LogP contribution in [0.3, 0.4) is 0 Å². The van der Waals surface area contributed by atoms with Gasteiger partial charge < -0.3 is 4.42 Å². The maximum absolute atomic E-state index is 6.77. The van der Waals surface area contributed by atoms with Crippen LogP contribution in [-0.2, 0) is 6.42 Å². The lowest BCUT2D eigenvalue weighted by atomic mass is 9.72. The zero-order valence-corrected chi connectivity index (χ0v) is 29.7. The minimum Gasteiger partial charge on any atom is -0.456 e. The molecule has 0 saturated carbocycles. The van der Waals surface area contributed by atoms with E-state index in [2.05, 4.69) is 153 Å².